The molecule has 1 aliphatic heterocycles. The number of anilines is 1. The smallest absolute Gasteiger partial charge is 0.166 e. The molecule has 2 aromatic carbocycles. The Hall–Kier alpha value is -2.00. The number of hydrogen-bond donors (Lipinski definition) is 0. The molecule has 1 radical (unpaired) electrons. The molecule has 0 amide bonds. The van der Waals surface area contributed by atoms with E-state index in [0.717, 1.165) is 48.5 Å². The molecule has 0 N–H and O–H groups in total. The molecule has 3 nitrogen and oxygen atoms in total. The number of benzene rings is 2. The fourth-order valence-electron chi connectivity index (χ4n) is 3.20. The van der Waals surface area contributed by atoms with Gasteiger partial charge in [-0.25, -0.2) is 0 Å². The van der Waals surface area contributed by atoms with Crippen molar-refractivity contribution >= 4 is 23.1 Å². The molecule has 1 fully saturated rings. The van der Waals surface area contributed by atoms with Crippen molar-refractivity contribution in [2.24, 2.45) is 5.92 Å². The number of ether oxygens (including phenoxy) is 1. The largest absolute Gasteiger partial charge is 0.497 e. The Balaban J connectivity index is 1.65. The lowest BCUT2D eigenvalue weighted by molar-refractivity contribution is 0.0900. The van der Waals surface area contributed by atoms with Gasteiger partial charge >= 0.3 is 0 Å². The van der Waals surface area contributed by atoms with Crippen LogP contribution < -0.4 is 9.64 Å². The third kappa shape index (κ3) is 3.57. The summed E-state index contributed by atoms with van der Waals surface area (Å²) in [4.78, 5) is 14.9. The highest BCUT2D eigenvalue weighted by Crippen LogP contribution is 2.30. The van der Waals surface area contributed by atoms with Crippen molar-refractivity contribution in [3.63, 3.8) is 0 Å². The van der Waals surface area contributed by atoms with Gasteiger partial charge in [0.25, 0.3) is 0 Å². The molecular formula is C20H21ClNO2. The number of rotatable bonds is 4. The second-order valence-electron chi connectivity index (χ2n) is 6.13. The number of methoxy groups -OCH3 is 1. The van der Waals surface area contributed by atoms with Gasteiger partial charge in [-0.15, -0.1) is 0 Å². The van der Waals surface area contributed by atoms with E-state index in [1.54, 1.807) is 7.11 Å². The predicted octanol–water partition coefficient (Wildman–Crippen LogP) is 4.63. The Bertz CT molecular complexity index is 719. The minimum absolute atomic E-state index is 0.0714. The first-order valence-electron chi connectivity index (χ1n) is 8.13. The van der Waals surface area contributed by atoms with Crippen LogP contribution in [0.15, 0.2) is 42.5 Å². The molecule has 0 saturated carbocycles. The second-order valence-corrected chi connectivity index (χ2v) is 6.56. The van der Waals surface area contributed by atoms with E-state index in [-0.39, 0.29) is 11.7 Å². The zero-order valence-electron chi connectivity index (χ0n) is 13.8. The third-order valence-corrected chi connectivity index (χ3v) is 4.86. The number of Topliss-reactive ketones (excluding diaryl/α,β-unsaturated/α-hetero) is 1. The number of carbonyl (C=O) groups excluding carboxylic acids is 1. The van der Waals surface area contributed by atoms with Gasteiger partial charge in [0.1, 0.15) is 5.75 Å². The lowest BCUT2D eigenvalue weighted by Gasteiger charge is -2.34. The molecular weight excluding hydrogens is 322 g/mol. The van der Waals surface area contributed by atoms with Crippen LogP contribution >= 0.6 is 11.6 Å². The van der Waals surface area contributed by atoms with Crippen molar-refractivity contribution in [2.75, 3.05) is 25.1 Å². The Kier molecular flexibility index (Phi) is 5.10. The predicted molar refractivity (Wildman–Crippen MR) is 98.2 cm³/mol. The molecule has 4 heteroatoms. The molecule has 0 unspecified atom stereocenters. The van der Waals surface area contributed by atoms with E-state index in [1.807, 2.05) is 42.5 Å². The molecule has 125 valence electrons. The quantitative estimate of drug-likeness (QED) is 0.759. The van der Waals surface area contributed by atoms with Crippen molar-refractivity contribution < 1.29 is 9.53 Å². The molecule has 0 aromatic heterocycles. The van der Waals surface area contributed by atoms with Gasteiger partial charge in [0.2, 0.25) is 0 Å². The van der Waals surface area contributed by atoms with E-state index in [0.29, 0.717) is 5.02 Å². The summed E-state index contributed by atoms with van der Waals surface area (Å²) in [6.45, 7) is 5.76. The summed E-state index contributed by atoms with van der Waals surface area (Å²) in [5.41, 5.74) is 2.80. The van der Waals surface area contributed by atoms with Crippen molar-refractivity contribution in [1.82, 2.24) is 0 Å². The summed E-state index contributed by atoms with van der Waals surface area (Å²) in [5, 5.41) is 0.717. The lowest BCUT2D eigenvalue weighted by atomic mass is 9.88. The lowest BCUT2D eigenvalue weighted by Crippen LogP contribution is -2.36. The fraction of sp³-hybridized carbons (Fsp3) is 0.300. The maximum atomic E-state index is 12.7. The number of nitrogens with zero attached hydrogens (tertiary/aromatic N) is 1. The standard InChI is InChI=1S/C20H21ClNO2/c1-14-3-6-17(21)13-19(14)22-11-9-16(10-12-22)20(23)15-4-7-18(24-2)8-5-15/h3-8,13,16H,1,9-12H2,2H3. The topological polar surface area (TPSA) is 29.5 Å². The van der Waals surface area contributed by atoms with Crippen LogP contribution in [0.25, 0.3) is 0 Å². The van der Waals surface area contributed by atoms with E-state index >= 15 is 0 Å². The summed E-state index contributed by atoms with van der Waals surface area (Å²) < 4.78 is 5.14. The number of ketones is 1. The van der Waals surface area contributed by atoms with Gasteiger partial charge < -0.3 is 9.64 Å². The molecule has 0 spiro atoms. The van der Waals surface area contributed by atoms with Crippen LogP contribution in [0.4, 0.5) is 5.69 Å². The van der Waals surface area contributed by atoms with Crippen LogP contribution in [-0.4, -0.2) is 26.0 Å². The molecule has 0 bridgehead atoms. The van der Waals surface area contributed by atoms with E-state index in [2.05, 4.69) is 11.8 Å². The highest BCUT2D eigenvalue weighted by atomic mass is 35.5. The normalized spacial score (nSPS) is 15.4. The summed E-state index contributed by atoms with van der Waals surface area (Å²) in [6.07, 6.45) is 1.69. The van der Waals surface area contributed by atoms with E-state index < -0.39 is 0 Å². The van der Waals surface area contributed by atoms with Crippen LogP contribution in [0.3, 0.4) is 0 Å². The van der Waals surface area contributed by atoms with Crippen LogP contribution in [-0.2, 0) is 0 Å². The van der Waals surface area contributed by atoms with Gasteiger partial charge in [0.15, 0.2) is 5.78 Å². The van der Waals surface area contributed by atoms with E-state index in [1.165, 1.54) is 0 Å². The fourth-order valence-corrected chi connectivity index (χ4v) is 3.37. The first-order valence-corrected chi connectivity index (χ1v) is 8.51. The van der Waals surface area contributed by atoms with Crippen LogP contribution in [0.5, 0.6) is 5.75 Å². The SMILES string of the molecule is [CH2]c1ccc(Cl)cc1N1CCC(C(=O)c2ccc(OC)cc2)CC1. The van der Waals surface area contributed by atoms with Crippen LogP contribution in [0.1, 0.15) is 28.8 Å². The average molecular weight is 343 g/mol. The molecule has 1 saturated heterocycles. The van der Waals surface area contributed by atoms with Gasteiger partial charge in [-0.2, -0.15) is 0 Å². The maximum Gasteiger partial charge on any atom is 0.166 e. The van der Waals surface area contributed by atoms with Crippen LogP contribution in [0, 0.1) is 12.8 Å². The highest BCUT2D eigenvalue weighted by Gasteiger charge is 2.26. The van der Waals surface area contributed by atoms with Gasteiger partial charge in [-0.1, -0.05) is 17.7 Å². The van der Waals surface area contributed by atoms with Crippen molar-refractivity contribution in [3.8, 4) is 5.75 Å². The number of halogens is 1. The number of hydrogen-bond acceptors (Lipinski definition) is 3. The Labute approximate surface area is 148 Å². The summed E-state index contributed by atoms with van der Waals surface area (Å²) in [5.74, 6) is 1.06. The van der Waals surface area contributed by atoms with Crippen molar-refractivity contribution in [3.05, 3.63) is 65.5 Å². The summed E-state index contributed by atoms with van der Waals surface area (Å²) in [7, 11) is 1.62. The first-order chi connectivity index (χ1) is 11.6. The number of piperidine rings is 1. The van der Waals surface area contributed by atoms with Crippen molar-refractivity contribution in [2.45, 2.75) is 12.8 Å². The zero-order valence-corrected chi connectivity index (χ0v) is 14.6. The first kappa shape index (κ1) is 16.8. The molecule has 2 aromatic rings. The van der Waals surface area contributed by atoms with Gasteiger partial charge in [-0.05, 0) is 61.7 Å². The van der Waals surface area contributed by atoms with Gasteiger partial charge in [0, 0.05) is 35.3 Å². The zero-order chi connectivity index (χ0) is 17.1. The van der Waals surface area contributed by atoms with E-state index in [9.17, 15) is 4.79 Å². The Morgan fingerprint density at radius 1 is 1.17 bits per heavy atom. The molecule has 3 rings (SSSR count). The van der Waals surface area contributed by atoms with Gasteiger partial charge in [0.05, 0.1) is 7.11 Å². The minimum Gasteiger partial charge on any atom is -0.497 e. The molecule has 1 aliphatic rings. The maximum absolute atomic E-state index is 12.7. The number of carbonyl (C=O) groups is 1. The highest BCUT2D eigenvalue weighted by molar-refractivity contribution is 6.30. The molecule has 1 heterocycles. The Morgan fingerprint density at radius 3 is 2.46 bits per heavy atom. The molecule has 0 aliphatic carbocycles. The third-order valence-electron chi connectivity index (χ3n) is 4.63. The van der Waals surface area contributed by atoms with Crippen LogP contribution in [0.2, 0.25) is 5.02 Å². The average Bonchev–Trinajstić information content (AvgIpc) is 2.63. The monoisotopic (exact) mass is 342 g/mol. The van der Waals surface area contributed by atoms with Gasteiger partial charge in [-0.3, -0.25) is 4.79 Å². The summed E-state index contributed by atoms with van der Waals surface area (Å²) in [6, 6.07) is 13.1. The van der Waals surface area contributed by atoms with Crippen molar-refractivity contribution in [1.29, 1.82) is 0 Å². The Morgan fingerprint density at radius 2 is 1.83 bits per heavy atom. The molecule has 0 atom stereocenters. The molecule has 24 heavy (non-hydrogen) atoms. The van der Waals surface area contributed by atoms with E-state index in [4.69, 9.17) is 16.3 Å². The second kappa shape index (κ2) is 7.27. The minimum atomic E-state index is 0.0714. The summed E-state index contributed by atoms with van der Waals surface area (Å²) >= 11 is 6.10.